The van der Waals surface area contributed by atoms with Gasteiger partial charge in [0.25, 0.3) is 0 Å². The lowest BCUT2D eigenvalue weighted by Crippen LogP contribution is -2.11. The van der Waals surface area contributed by atoms with Gasteiger partial charge in [0.05, 0.1) is 16.7 Å². The van der Waals surface area contributed by atoms with Crippen LogP contribution in [0.25, 0.3) is 5.69 Å². The lowest BCUT2D eigenvalue weighted by Gasteiger charge is -2.17. The standard InChI is InChI=1S/C26H24Cl2N4O4S/c1-3-35-24-14-19(10-12-23(24)36-16-18-9-11-21(27)22(28)13-18)25(15-31(33)34)37-26-30-29-17(2)32(26)20-7-5-4-6-8-20/h4-14,25H,3,15-16H2,1-2H3/t25-/m1/s1. The zero-order valence-electron chi connectivity index (χ0n) is 20.1. The fourth-order valence-electron chi connectivity index (χ4n) is 3.67. The quantitative estimate of drug-likeness (QED) is 0.111. The van der Waals surface area contributed by atoms with E-state index in [9.17, 15) is 10.1 Å². The first kappa shape index (κ1) is 26.8. The van der Waals surface area contributed by atoms with Gasteiger partial charge in [-0.05, 0) is 61.4 Å². The largest absolute Gasteiger partial charge is 0.490 e. The van der Waals surface area contributed by atoms with Gasteiger partial charge < -0.3 is 9.47 Å². The van der Waals surface area contributed by atoms with Gasteiger partial charge in [-0.2, -0.15) is 0 Å². The molecule has 4 rings (SSSR count). The number of ether oxygens (including phenoxy) is 2. The summed E-state index contributed by atoms with van der Waals surface area (Å²) >= 11 is 13.4. The van der Waals surface area contributed by atoms with E-state index in [1.807, 2.05) is 60.9 Å². The molecule has 0 amide bonds. The molecule has 0 radical (unpaired) electrons. The maximum atomic E-state index is 11.6. The van der Waals surface area contributed by atoms with Crippen molar-refractivity contribution in [2.24, 2.45) is 0 Å². The number of hydrogen-bond donors (Lipinski definition) is 0. The SMILES string of the molecule is CCOc1cc([C@@H](C[N+](=O)[O-])Sc2nnc(C)n2-c2ccccc2)ccc1OCc1ccc(Cl)c(Cl)c1. The van der Waals surface area contributed by atoms with E-state index < -0.39 is 5.25 Å². The summed E-state index contributed by atoms with van der Waals surface area (Å²) < 4.78 is 13.7. The van der Waals surface area contributed by atoms with E-state index in [4.69, 9.17) is 32.7 Å². The molecule has 0 aliphatic carbocycles. The molecule has 0 unspecified atom stereocenters. The van der Waals surface area contributed by atoms with Crippen molar-refractivity contribution in [1.29, 1.82) is 0 Å². The lowest BCUT2D eigenvalue weighted by atomic mass is 10.1. The van der Waals surface area contributed by atoms with Gasteiger partial charge in [0.1, 0.15) is 17.7 Å². The highest BCUT2D eigenvalue weighted by Gasteiger charge is 2.25. The summed E-state index contributed by atoms with van der Waals surface area (Å²) in [6.07, 6.45) is 0. The molecule has 0 fully saturated rings. The minimum absolute atomic E-state index is 0.253. The van der Waals surface area contributed by atoms with Crippen LogP contribution in [0.4, 0.5) is 0 Å². The van der Waals surface area contributed by atoms with Gasteiger partial charge >= 0.3 is 0 Å². The summed E-state index contributed by atoms with van der Waals surface area (Å²) in [5.74, 6) is 1.70. The van der Waals surface area contributed by atoms with Gasteiger partial charge in [0.15, 0.2) is 16.7 Å². The average Bonchev–Trinajstić information content (AvgIpc) is 3.25. The van der Waals surface area contributed by atoms with Crippen LogP contribution in [0.2, 0.25) is 10.0 Å². The molecule has 3 aromatic carbocycles. The first-order chi connectivity index (χ1) is 17.9. The van der Waals surface area contributed by atoms with E-state index in [0.29, 0.717) is 44.7 Å². The molecule has 11 heteroatoms. The Balaban J connectivity index is 1.61. The Morgan fingerprint density at radius 3 is 2.49 bits per heavy atom. The fourth-order valence-corrected chi connectivity index (χ4v) is 5.15. The van der Waals surface area contributed by atoms with Crippen molar-refractivity contribution in [3.05, 3.63) is 104 Å². The van der Waals surface area contributed by atoms with Gasteiger partial charge in [-0.3, -0.25) is 14.7 Å². The molecule has 1 heterocycles. The Kier molecular flexibility index (Phi) is 8.91. The molecular weight excluding hydrogens is 535 g/mol. The van der Waals surface area contributed by atoms with Crippen LogP contribution >= 0.6 is 35.0 Å². The average molecular weight is 559 g/mol. The number of halogens is 2. The number of para-hydroxylation sites is 1. The van der Waals surface area contributed by atoms with E-state index in [-0.39, 0.29) is 18.1 Å². The summed E-state index contributed by atoms with van der Waals surface area (Å²) in [5, 5.41) is 21.0. The minimum Gasteiger partial charge on any atom is -0.490 e. The van der Waals surface area contributed by atoms with Crippen LogP contribution in [0, 0.1) is 17.0 Å². The summed E-state index contributed by atoms with van der Waals surface area (Å²) in [5.41, 5.74) is 2.44. The Hall–Kier alpha value is -3.27. The Labute approximate surface area is 228 Å². The molecule has 37 heavy (non-hydrogen) atoms. The number of benzene rings is 3. The van der Waals surface area contributed by atoms with Crippen LogP contribution in [-0.2, 0) is 6.61 Å². The van der Waals surface area contributed by atoms with Crippen molar-refractivity contribution < 1.29 is 14.4 Å². The molecule has 1 atom stereocenters. The van der Waals surface area contributed by atoms with E-state index in [0.717, 1.165) is 11.3 Å². The summed E-state index contributed by atoms with van der Waals surface area (Å²) in [6.45, 7) is 4.06. The second-order valence-electron chi connectivity index (χ2n) is 8.00. The lowest BCUT2D eigenvalue weighted by molar-refractivity contribution is -0.479. The van der Waals surface area contributed by atoms with Crippen LogP contribution in [0.5, 0.6) is 11.5 Å². The van der Waals surface area contributed by atoms with Crippen molar-refractivity contribution in [2.45, 2.75) is 30.9 Å². The van der Waals surface area contributed by atoms with Gasteiger partial charge in [-0.25, -0.2) is 0 Å². The molecule has 192 valence electrons. The third-order valence-corrected chi connectivity index (χ3v) is 7.31. The van der Waals surface area contributed by atoms with E-state index in [1.54, 1.807) is 24.3 Å². The zero-order chi connectivity index (χ0) is 26.4. The van der Waals surface area contributed by atoms with Crippen molar-refractivity contribution in [1.82, 2.24) is 14.8 Å². The molecule has 4 aromatic rings. The smallest absolute Gasteiger partial charge is 0.220 e. The number of thioether (sulfide) groups is 1. The van der Waals surface area contributed by atoms with Crippen LogP contribution < -0.4 is 9.47 Å². The van der Waals surface area contributed by atoms with Crippen molar-refractivity contribution >= 4 is 35.0 Å². The highest BCUT2D eigenvalue weighted by atomic mass is 35.5. The van der Waals surface area contributed by atoms with Crippen LogP contribution in [0.3, 0.4) is 0 Å². The predicted octanol–water partition coefficient (Wildman–Crippen LogP) is 6.97. The molecule has 0 aliphatic heterocycles. The van der Waals surface area contributed by atoms with Crippen molar-refractivity contribution in [2.75, 3.05) is 13.2 Å². The number of rotatable bonds is 11. The van der Waals surface area contributed by atoms with E-state index in [2.05, 4.69) is 10.2 Å². The molecular formula is C26H24Cl2N4O4S. The molecule has 0 N–H and O–H groups in total. The maximum absolute atomic E-state index is 11.6. The topological polar surface area (TPSA) is 92.3 Å². The molecule has 1 aromatic heterocycles. The highest BCUT2D eigenvalue weighted by Crippen LogP contribution is 2.40. The fraction of sp³-hybridized carbons (Fsp3) is 0.231. The highest BCUT2D eigenvalue weighted by molar-refractivity contribution is 7.99. The number of hydrogen-bond acceptors (Lipinski definition) is 7. The Bertz CT molecular complexity index is 1380. The second kappa shape index (κ2) is 12.3. The molecule has 0 aliphatic rings. The maximum Gasteiger partial charge on any atom is 0.220 e. The van der Waals surface area contributed by atoms with E-state index >= 15 is 0 Å². The molecule has 0 saturated heterocycles. The van der Waals surface area contributed by atoms with E-state index in [1.165, 1.54) is 11.8 Å². The van der Waals surface area contributed by atoms with Crippen molar-refractivity contribution in [3.63, 3.8) is 0 Å². The van der Waals surface area contributed by atoms with Crippen LogP contribution in [0.15, 0.2) is 71.9 Å². The molecule has 8 nitrogen and oxygen atoms in total. The van der Waals surface area contributed by atoms with Crippen molar-refractivity contribution in [3.8, 4) is 17.2 Å². The normalized spacial score (nSPS) is 11.8. The summed E-state index contributed by atoms with van der Waals surface area (Å²) in [6, 6.07) is 20.3. The van der Waals surface area contributed by atoms with Gasteiger partial charge in [0.2, 0.25) is 6.54 Å². The Morgan fingerprint density at radius 2 is 1.78 bits per heavy atom. The van der Waals surface area contributed by atoms with Gasteiger partial charge in [-0.15, -0.1) is 10.2 Å². The predicted molar refractivity (Wildman–Crippen MR) is 145 cm³/mol. The number of nitro groups is 1. The van der Waals surface area contributed by atoms with Gasteiger partial charge in [0, 0.05) is 10.6 Å². The zero-order valence-corrected chi connectivity index (χ0v) is 22.5. The Morgan fingerprint density at radius 1 is 1.00 bits per heavy atom. The first-order valence-corrected chi connectivity index (χ1v) is 13.1. The number of nitrogens with zero attached hydrogens (tertiary/aromatic N) is 4. The van der Waals surface area contributed by atoms with Crippen LogP contribution in [-0.4, -0.2) is 32.8 Å². The van der Waals surface area contributed by atoms with Gasteiger partial charge in [-0.1, -0.05) is 65.3 Å². The number of aromatic nitrogens is 3. The minimum atomic E-state index is -0.538. The summed E-state index contributed by atoms with van der Waals surface area (Å²) in [4.78, 5) is 11.3. The number of aryl methyl sites for hydroxylation is 1. The second-order valence-corrected chi connectivity index (χ2v) is 9.98. The first-order valence-electron chi connectivity index (χ1n) is 11.4. The molecule has 0 spiro atoms. The third kappa shape index (κ3) is 6.74. The summed E-state index contributed by atoms with van der Waals surface area (Å²) in [7, 11) is 0. The molecule has 0 bridgehead atoms. The third-order valence-electron chi connectivity index (χ3n) is 5.39. The van der Waals surface area contributed by atoms with Crippen LogP contribution in [0.1, 0.15) is 29.1 Å². The molecule has 0 saturated carbocycles. The monoisotopic (exact) mass is 558 g/mol.